The van der Waals surface area contributed by atoms with E-state index in [2.05, 4.69) is 0 Å². The molecular weight excluding hydrogens is 217 g/mol. The van der Waals surface area contributed by atoms with Gasteiger partial charge in [-0.15, -0.1) is 11.3 Å². The Morgan fingerprint density at radius 3 is 2.57 bits per heavy atom. The molecule has 0 amide bonds. The Labute approximate surface area is 81.3 Å². The second-order valence-corrected chi connectivity index (χ2v) is 3.32. The lowest BCUT2D eigenvalue weighted by molar-refractivity contribution is -0.165. The van der Waals surface area contributed by atoms with Gasteiger partial charge >= 0.3 is 6.18 Å². The van der Waals surface area contributed by atoms with Crippen LogP contribution in [0.2, 0.25) is 0 Å². The molecule has 0 aliphatic rings. The van der Waals surface area contributed by atoms with E-state index in [4.69, 9.17) is 5.11 Å². The van der Waals surface area contributed by atoms with Gasteiger partial charge in [-0.2, -0.15) is 13.2 Å². The predicted molar refractivity (Wildman–Crippen MR) is 46.0 cm³/mol. The summed E-state index contributed by atoms with van der Waals surface area (Å²) < 4.78 is 35.2. The molecule has 0 radical (unpaired) electrons. The topological polar surface area (TPSA) is 37.3 Å². The maximum atomic E-state index is 11.7. The maximum absolute atomic E-state index is 11.7. The van der Waals surface area contributed by atoms with Crippen LogP contribution in [0, 0.1) is 0 Å². The normalized spacial score (nSPS) is 12.9. The lowest BCUT2D eigenvalue weighted by atomic mass is 10.3. The molecule has 1 heterocycles. The number of alkyl halides is 3. The molecule has 0 saturated heterocycles. The fourth-order valence-corrected chi connectivity index (χ4v) is 1.34. The Morgan fingerprint density at radius 2 is 2.14 bits per heavy atom. The average Bonchev–Trinajstić information content (AvgIpc) is 2.53. The van der Waals surface area contributed by atoms with E-state index in [0.29, 0.717) is 0 Å². The second-order valence-electron chi connectivity index (χ2n) is 2.37. The third-order valence-corrected chi connectivity index (χ3v) is 2.21. The van der Waals surface area contributed by atoms with Crippen molar-refractivity contribution in [3.05, 3.63) is 28.5 Å². The van der Waals surface area contributed by atoms with Crippen LogP contribution in [0.4, 0.5) is 13.2 Å². The van der Waals surface area contributed by atoms with Gasteiger partial charge in [0.25, 0.3) is 5.78 Å². The molecule has 0 fully saturated rings. The van der Waals surface area contributed by atoms with Gasteiger partial charge in [-0.05, 0) is 11.4 Å². The summed E-state index contributed by atoms with van der Waals surface area (Å²) in [6.07, 6.45) is -4.77. The monoisotopic (exact) mass is 222 g/mol. The van der Waals surface area contributed by atoms with Gasteiger partial charge in [-0.1, -0.05) is 6.07 Å². The van der Waals surface area contributed by atoms with Crippen molar-refractivity contribution in [2.75, 3.05) is 0 Å². The van der Waals surface area contributed by atoms with Gasteiger partial charge in [-0.3, -0.25) is 4.79 Å². The molecule has 0 bridgehead atoms. The zero-order chi connectivity index (χ0) is 10.8. The molecule has 76 valence electrons. The molecule has 0 spiro atoms. The van der Waals surface area contributed by atoms with Crippen molar-refractivity contribution in [3.63, 3.8) is 0 Å². The Hall–Kier alpha value is -1.30. The maximum Gasteiger partial charge on any atom is 0.454 e. The van der Waals surface area contributed by atoms with E-state index < -0.39 is 17.7 Å². The van der Waals surface area contributed by atoms with Crippen LogP contribution in [0.15, 0.2) is 23.6 Å². The number of ketones is 1. The van der Waals surface area contributed by atoms with Gasteiger partial charge < -0.3 is 5.11 Å². The first kappa shape index (κ1) is 10.8. The van der Waals surface area contributed by atoms with Crippen LogP contribution in [0.5, 0.6) is 0 Å². The molecule has 0 saturated carbocycles. The van der Waals surface area contributed by atoms with Gasteiger partial charge in [0.2, 0.25) is 0 Å². The lowest BCUT2D eigenvalue weighted by Crippen LogP contribution is -2.20. The third kappa shape index (κ3) is 2.59. The molecular formula is C8H5F3O2S. The zero-order valence-electron chi connectivity index (χ0n) is 6.71. The predicted octanol–water partition coefficient (Wildman–Crippen LogP) is 2.78. The van der Waals surface area contributed by atoms with Gasteiger partial charge in [0.1, 0.15) is 5.76 Å². The quantitative estimate of drug-likeness (QED) is 0.617. The first-order valence-electron chi connectivity index (χ1n) is 3.47. The summed E-state index contributed by atoms with van der Waals surface area (Å²) in [4.78, 5) is 10.6. The minimum absolute atomic E-state index is 0.172. The van der Waals surface area contributed by atoms with Crippen LogP contribution in [-0.4, -0.2) is 17.1 Å². The number of rotatable bonds is 2. The fourth-order valence-electron chi connectivity index (χ4n) is 0.701. The molecule has 0 aromatic carbocycles. The van der Waals surface area contributed by atoms with Gasteiger partial charge in [0, 0.05) is 6.08 Å². The van der Waals surface area contributed by atoms with E-state index in [9.17, 15) is 18.0 Å². The molecule has 0 aliphatic carbocycles. The average molecular weight is 222 g/mol. The Bertz CT molecular complexity index is 351. The minimum Gasteiger partial charge on any atom is -0.506 e. The molecule has 1 rings (SSSR count). The fraction of sp³-hybridized carbons (Fsp3) is 0.125. The van der Waals surface area contributed by atoms with E-state index in [1.807, 2.05) is 0 Å². The van der Waals surface area contributed by atoms with Crippen LogP contribution in [0.1, 0.15) is 4.88 Å². The van der Waals surface area contributed by atoms with Crippen molar-refractivity contribution < 1.29 is 23.1 Å². The summed E-state index contributed by atoms with van der Waals surface area (Å²) in [5.41, 5.74) is 0. The molecule has 0 atom stereocenters. The van der Waals surface area contributed by atoms with Crippen LogP contribution >= 0.6 is 11.3 Å². The van der Waals surface area contributed by atoms with Crippen molar-refractivity contribution in [1.82, 2.24) is 0 Å². The van der Waals surface area contributed by atoms with Crippen molar-refractivity contribution in [2.24, 2.45) is 0 Å². The summed E-state index contributed by atoms with van der Waals surface area (Å²) in [6, 6.07) is 2.97. The first-order valence-corrected chi connectivity index (χ1v) is 4.35. The number of halogens is 3. The second kappa shape index (κ2) is 3.83. The summed E-state index contributed by atoms with van der Waals surface area (Å²) in [5, 5.41) is 10.7. The highest BCUT2D eigenvalue weighted by Crippen LogP contribution is 2.21. The number of carbonyl (C=O) groups excluding carboxylic acids is 1. The number of thiophene rings is 1. The molecule has 1 aromatic heterocycles. The molecule has 2 nitrogen and oxygen atoms in total. The van der Waals surface area contributed by atoms with Gasteiger partial charge in [0.05, 0.1) is 4.88 Å². The summed E-state index contributed by atoms with van der Waals surface area (Å²) in [7, 11) is 0. The van der Waals surface area contributed by atoms with E-state index in [0.717, 1.165) is 11.3 Å². The third-order valence-electron chi connectivity index (χ3n) is 1.32. The van der Waals surface area contributed by atoms with Crippen LogP contribution in [0.25, 0.3) is 5.76 Å². The number of carbonyl (C=O) groups is 1. The Kier molecular flexibility index (Phi) is 2.95. The highest BCUT2D eigenvalue weighted by Gasteiger charge is 2.37. The summed E-state index contributed by atoms with van der Waals surface area (Å²) >= 11 is 1.05. The van der Waals surface area contributed by atoms with E-state index in [1.165, 1.54) is 6.07 Å². The van der Waals surface area contributed by atoms with Gasteiger partial charge in [-0.25, -0.2) is 0 Å². The first-order chi connectivity index (χ1) is 6.41. The van der Waals surface area contributed by atoms with Crippen LogP contribution in [0.3, 0.4) is 0 Å². The summed E-state index contributed by atoms with van der Waals surface area (Å²) in [5.74, 6) is -2.73. The van der Waals surface area contributed by atoms with E-state index in [1.54, 1.807) is 11.4 Å². The smallest absolute Gasteiger partial charge is 0.454 e. The Morgan fingerprint density at radius 1 is 1.50 bits per heavy atom. The largest absolute Gasteiger partial charge is 0.506 e. The molecule has 6 heteroatoms. The van der Waals surface area contributed by atoms with Crippen LogP contribution < -0.4 is 0 Å². The molecule has 0 unspecified atom stereocenters. The molecule has 0 aliphatic heterocycles. The van der Waals surface area contributed by atoms with Crippen molar-refractivity contribution in [3.8, 4) is 0 Å². The molecule has 1 N–H and O–H groups in total. The molecule has 1 aromatic rings. The molecule has 14 heavy (non-hydrogen) atoms. The number of aliphatic hydroxyl groups is 1. The van der Waals surface area contributed by atoms with Gasteiger partial charge in [0.15, 0.2) is 0 Å². The highest BCUT2D eigenvalue weighted by atomic mass is 32.1. The summed E-state index contributed by atoms with van der Waals surface area (Å²) in [6.45, 7) is 0. The van der Waals surface area contributed by atoms with E-state index in [-0.39, 0.29) is 11.0 Å². The SMILES string of the molecule is O=C(/C=C(/O)c1cccs1)C(F)(F)F. The number of hydrogen-bond acceptors (Lipinski definition) is 3. The minimum atomic E-state index is -4.94. The van der Waals surface area contributed by atoms with Crippen molar-refractivity contribution in [1.29, 1.82) is 0 Å². The lowest BCUT2D eigenvalue weighted by Gasteiger charge is -2.00. The highest BCUT2D eigenvalue weighted by molar-refractivity contribution is 7.11. The van der Waals surface area contributed by atoms with Crippen molar-refractivity contribution in [2.45, 2.75) is 6.18 Å². The Balaban J connectivity index is 2.85. The zero-order valence-corrected chi connectivity index (χ0v) is 7.52. The standard InChI is InChI=1S/C8H5F3O2S/c9-8(10,11)7(13)4-5(12)6-2-1-3-14-6/h1-4,12H/b5-4+. The number of aliphatic hydroxyl groups excluding tert-OH is 1. The van der Waals surface area contributed by atoms with E-state index >= 15 is 0 Å². The van der Waals surface area contributed by atoms with Crippen LogP contribution in [-0.2, 0) is 4.79 Å². The van der Waals surface area contributed by atoms with Crippen molar-refractivity contribution >= 4 is 22.9 Å². The number of hydrogen-bond donors (Lipinski definition) is 1. The number of allylic oxidation sites excluding steroid dienone is 1.